The summed E-state index contributed by atoms with van der Waals surface area (Å²) >= 11 is 0. The van der Waals surface area contributed by atoms with Crippen molar-refractivity contribution in [3.63, 3.8) is 0 Å². The lowest BCUT2D eigenvalue weighted by molar-refractivity contribution is -0.138. The topological polar surface area (TPSA) is 126 Å². The third-order valence-corrected chi connectivity index (χ3v) is 6.74. The predicted octanol–water partition coefficient (Wildman–Crippen LogP) is 6.35. The summed E-state index contributed by atoms with van der Waals surface area (Å²) in [5, 5.41) is 8.51. The van der Waals surface area contributed by atoms with Gasteiger partial charge in [0, 0.05) is 17.9 Å². The van der Waals surface area contributed by atoms with Crippen LogP contribution in [0.3, 0.4) is 0 Å². The van der Waals surface area contributed by atoms with Crippen molar-refractivity contribution in [2.24, 2.45) is 0 Å². The fourth-order valence-corrected chi connectivity index (χ4v) is 4.76. The van der Waals surface area contributed by atoms with Crippen molar-refractivity contribution >= 4 is 41.1 Å². The summed E-state index contributed by atoms with van der Waals surface area (Å²) in [6.07, 6.45) is 1.62. The first kappa shape index (κ1) is 30.8. The first-order valence-corrected chi connectivity index (χ1v) is 14.4. The lowest BCUT2D eigenvalue weighted by Gasteiger charge is -2.37. The summed E-state index contributed by atoms with van der Waals surface area (Å²) in [7, 11) is 0. The van der Waals surface area contributed by atoms with Crippen LogP contribution in [0.4, 0.5) is 21.0 Å². The van der Waals surface area contributed by atoms with Gasteiger partial charge in [0.15, 0.2) is 0 Å². The first-order valence-electron chi connectivity index (χ1n) is 14.4. The van der Waals surface area contributed by atoms with Gasteiger partial charge in [0.2, 0.25) is 0 Å². The average Bonchev–Trinajstić information content (AvgIpc) is 3.01. The van der Waals surface area contributed by atoms with Gasteiger partial charge >= 0.3 is 24.0 Å². The van der Waals surface area contributed by atoms with Crippen LogP contribution < -0.4 is 16.0 Å². The van der Waals surface area contributed by atoms with Gasteiger partial charge in [-0.05, 0) is 67.8 Å². The SMILES string of the molecule is CCCCN1C(=O)NC(c2cccc(NC(=O)Nc3ccc(C(=O)OCC)cc3)c2)C(C(=O)OCC)=C1c1ccccc1. The molecule has 0 radical (unpaired) electrons. The Morgan fingerprint density at radius 1 is 0.814 bits per heavy atom. The van der Waals surface area contributed by atoms with Crippen molar-refractivity contribution in [3.8, 4) is 0 Å². The molecule has 1 aliphatic heterocycles. The molecule has 1 atom stereocenters. The second-order valence-electron chi connectivity index (χ2n) is 9.74. The number of ether oxygens (including phenoxy) is 2. The molecular formula is C33H36N4O6. The monoisotopic (exact) mass is 584 g/mol. The van der Waals surface area contributed by atoms with Crippen molar-refractivity contribution in [1.82, 2.24) is 10.2 Å². The van der Waals surface area contributed by atoms with E-state index in [4.69, 9.17) is 9.47 Å². The Morgan fingerprint density at radius 2 is 1.49 bits per heavy atom. The van der Waals surface area contributed by atoms with Crippen LogP contribution in [0.2, 0.25) is 0 Å². The van der Waals surface area contributed by atoms with E-state index < -0.39 is 24.0 Å². The van der Waals surface area contributed by atoms with Crippen LogP contribution in [0.25, 0.3) is 5.70 Å². The van der Waals surface area contributed by atoms with Crippen molar-refractivity contribution in [2.45, 2.75) is 39.7 Å². The average molecular weight is 585 g/mol. The van der Waals surface area contributed by atoms with Gasteiger partial charge in [-0.1, -0.05) is 55.8 Å². The molecule has 3 aromatic carbocycles. The molecule has 10 nitrogen and oxygen atoms in total. The number of amides is 4. The van der Waals surface area contributed by atoms with Gasteiger partial charge in [-0.2, -0.15) is 0 Å². The maximum Gasteiger partial charge on any atom is 0.338 e. The number of nitrogens with zero attached hydrogens (tertiary/aromatic N) is 1. The number of benzene rings is 3. The van der Waals surface area contributed by atoms with Crippen LogP contribution in [0.15, 0.2) is 84.4 Å². The molecule has 0 fully saturated rings. The summed E-state index contributed by atoms with van der Waals surface area (Å²) in [6.45, 7) is 6.38. The number of esters is 2. The third-order valence-electron chi connectivity index (χ3n) is 6.74. The zero-order valence-corrected chi connectivity index (χ0v) is 24.5. The molecule has 3 aromatic rings. The minimum absolute atomic E-state index is 0.169. The molecule has 1 aliphatic rings. The Morgan fingerprint density at radius 3 is 2.16 bits per heavy atom. The normalized spacial score (nSPS) is 14.5. The second kappa shape index (κ2) is 14.7. The fourth-order valence-electron chi connectivity index (χ4n) is 4.76. The van der Waals surface area contributed by atoms with E-state index in [2.05, 4.69) is 16.0 Å². The number of carbonyl (C=O) groups is 4. The van der Waals surface area contributed by atoms with Gasteiger partial charge in [0.25, 0.3) is 0 Å². The van der Waals surface area contributed by atoms with Gasteiger partial charge in [-0.25, -0.2) is 19.2 Å². The van der Waals surface area contributed by atoms with Crippen LogP contribution in [0.5, 0.6) is 0 Å². The van der Waals surface area contributed by atoms with E-state index in [0.717, 1.165) is 18.4 Å². The van der Waals surface area contributed by atoms with Crippen LogP contribution in [-0.4, -0.2) is 48.7 Å². The van der Waals surface area contributed by atoms with E-state index >= 15 is 0 Å². The van der Waals surface area contributed by atoms with Crippen molar-refractivity contribution in [3.05, 3.63) is 101 Å². The van der Waals surface area contributed by atoms with Gasteiger partial charge in [0.1, 0.15) is 0 Å². The Kier molecular flexibility index (Phi) is 10.5. The summed E-state index contributed by atoms with van der Waals surface area (Å²) in [6, 6.07) is 20.9. The van der Waals surface area contributed by atoms with Crippen LogP contribution in [-0.2, 0) is 14.3 Å². The van der Waals surface area contributed by atoms with Crippen LogP contribution in [0, 0.1) is 0 Å². The van der Waals surface area contributed by atoms with Crippen molar-refractivity contribution in [1.29, 1.82) is 0 Å². The highest BCUT2D eigenvalue weighted by molar-refractivity contribution is 6.05. The third kappa shape index (κ3) is 7.59. The molecule has 0 aliphatic carbocycles. The number of carbonyl (C=O) groups excluding carboxylic acids is 4. The van der Waals surface area contributed by atoms with E-state index in [0.29, 0.717) is 40.3 Å². The number of rotatable bonds is 11. The maximum absolute atomic E-state index is 13.5. The smallest absolute Gasteiger partial charge is 0.338 e. The summed E-state index contributed by atoms with van der Waals surface area (Å²) in [5.41, 5.74) is 3.44. The van der Waals surface area contributed by atoms with Gasteiger partial charge in [-0.3, -0.25) is 4.90 Å². The molecule has 3 N–H and O–H groups in total. The Balaban J connectivity index is 1.64. The predicted molar refractivity (Wildman–Crippen MR) is 164 cm³/mol. The molecule has 224 valence electrons. The van der Waals surface area contributed by atoms with Crippen molar-refractivity contribution < 1.29 is 28.7 Å². The highest BCUT2D eigenvalue weighted by atomic mass is 16.5. The molecular weight excluding hydrogens is 548 g/mol. The van der Waals surface area contributed by atoms with E-state index in [1.165, 1.54) is 0 Å². The van der Waals surface area contributed by atoms with Gasteiger partial charge in [0.05, 0.1) is 36.1 Å². The lowest BCUT2D eigenvalue weighted by atomic mass is 9.91. The van der Waals surface area contributed by atoms with Gasteiger partial charge in [-0.15, -0.1) is 0 Å². The second-order valence-corrected chi connectivity index (χ2v) is 9.74. The molecule has 10 heteroatoms. The molecule has 0 saturated carbocycles. The molecule has 0 bridgehead atoms. The number of hydrogen-bond donors (Lipinski definition) is 3. The Labute approximate surface area is 251 Å². The molecule has 1 unspecified atom stereocenters. The molecule has 0 saturated heterocycles. The number of anilines is 2. The lowest BCUT2D eigenvalue weighted by Crippen LogP contribution is -2.48. The van der Waals surface area contributed by atoms with Crippen LogP contribution in [0.1, 0.15) is 61.1 Å². The number of urea groups is 2. The highest BCUT2D eigenvalue weighted by Gasteiger charge is 2.38. The number of hydrogen-bond acceptors (Lipinski definition) is 6. The molecule has 0 spiro atoms. The standard InChI is InChI=1S/C33H36N4O6/c1-4-7-20-37-29(22-12-9-8-10-13-22)27(31(39)43-6-3)28(36-33(37)41)24-14-11-15-26(21-24)35-32(40)34-25-18-16-23(17-19-25)30(38)42-5-2/h8-19,21,28H,4-7,20H2,1-3H3,(H,36,41)(H2,34,35,40). The summed E-state index contributed by atoms with van der Waals surface area (Å²) in [5.74, 6) is -0.972. The molecule has 4 rings (SSSR count). The largest absolute Gasteiger partial charge is 0.463 e. The Bertz CT molecular complexity index is 1490. The van der Waals surface area contributed by atoms with Crippen LogP contribution >= 0.6 is 0 Å². The minimum Gasteiger partial charge on any atom is -0.463 e. The fraction of sp³-hybridized carbons (Fsp3) is 0.273. The number of unbranched alkanes of at least 4 members (excludes halogenated alkanes) is 1. The molecule has 4 amide bonds. The zero-order valence-electron chi connectivity index (χ0n) is 24.5. The maximum atomic E-state index is 13.5. The summed E-state index contributed by atoms with van der Waals surface area (Å²) < 4.78 is 10.5. The van der Waals surface area contributed by atoms with Crippen molar-refractivity contribution in [2.75, 3.05) is 30.4 Å². The number of nitrogens with one attached hydrogen (secondary N) is 3. The molecule has 0 aromatic heterocycles. The highest BCUT2D eigenvalue weighted by Crippen LogP contribution is 2.37. The quantitative estimate of drug-likeness (QED) is 0.226. The van der Waals surface area contributed by atoms with Gasteiger partial charge < -0.3 is 25.4 Å². The minimum atomic E-state index is -0.820. The molecule has 43 heavy (non-hydrogen) atoms. The van der Waals surface area contributed by atoms with E-state index in [9.17, 15) is 19.2 Å². The summed E-state index contributed by atoms with van der Waals surface area (Å²) in [4.78, 5) is 53.3. The Hall–Kier alpha value is -5.12. The molecule has 1 heterocycles. The van der Waals surface area contributed by atoms with E-state index in [-0.39, 0.29) is 19.2 Å². The first-order chi connectivity index (χ1) is 20.9. The zero-order chi connectivity index (χ0) is 30.8. The van der Waals surface area contributed by atoms with E-state index in [1.54, 1.807) is 67.3 Å². The van der Waals surface area contributed by atoms with E-state index in [1.807, 2.05) is 37.3 Å².